The summed E-state index contributed by atoms with van der Waals surface area (Å²) in [5.74, 6) is 0.910. The normalized spacial score (nSPS) is 24.2. The van der Waals surface area contributed by atoms with Gasteiger partial charge in [0, 0.05) is 17.5 Å². The molecule has 0 atom stereocenters. The first-order chi connectivity index (χ1) is 9.01. The maximum absolute atomic E-state index is 9.52. The highest BCUT2D eigenvalue weighted by molar-refractivity contribution is 5.38. The first-order valence-corrected chi connectivity index (χ1v) is 7.28. The second-order valence-corrected chi connectivity index (χ2v) is 6.18. The zero-order valence-corrected chi connectivity index (χ0v) is 12.2. The number of nitrogens with one attached hydrogen (secondary N) is 1. The van der Waals surface area contributed by atoms with Crippen LogP contribution in [0.15, 0.2) is 12.4 Å². The molecular weight excluding hydrogens is 238 g/mol. The van der Waals surface area contributed by atoms with Gasteiger partial charge in [-0.2, -0.15) is 0 Å². The van der Waals surface area contributed by atoms with Gasteiger partial charge < -0.3 is 10.4 Å². The number of aromatic nitrogens is 2. The van der Waals surface area contributed by atoms with E-state index in [9.17, 15) is 5.11 Å². The molecule has 2 N–H and O–H groups in total. The van der Waals surface area contributed by atoms with Crippen molar-refractivity contribution >= 4 is 5.82 Å². The molecule has 0 radical (unpaired) electrons. The van der Waals surface area contributed by atoms with Gasteiger partial charge in [0.1, 0.15) is 12.1 Å². The molecule has 1 aliphatic rings. The smallest absolute Gasteiger partial charge is 0.129 e. The molecule has 0 amide bonds. The summed E-state index contributed by atoms with van der Waals surface area (Å²) in [6.45, 7) is 6.59. The largest absolute Gasteiger partial charge is 0.393 e. The minimum absolute atomic E-state index is 0.0854. The fraction of sp³-hybridized carbons (Fsp3) is 0.733. The Morgan fingerprint density at radius 1 is 1.26 bits per heavy atom. The summed E-state index contributed by atoms with van der Waals surface area (Å²) in [6.07, 6.45) is 6.38. The van der Waals surface area contributed by atoms with E-state index >= 15 is 0 Å². The van der Waals surface area contributed by atoms with Gasteiger partial charge in [-0.05, 0) is 32.1 Å². The van der Waals surface area contributed by atoms with E-state index in [0.29, 0.717) is 6.04 Å². The van der Waals surface area contributed by atoms with Crippen molar-refractivity contribution in [3.63, 3.8) is 0 Å². The van der Waals surface area contributed by atoms with E-state index in [2.05, 4.69) is 42.1 Å². The molecule has 1 aromatic heterocycles. The fourth-order valence-corrected chi connectivity index (χ4v) is 2.42. The van der Waals surface area contributed by atoms with Crippen molar-refractivity contribution in [1.29, 1.82) is 0 Å². The number of nitrogens with zero attached hydrogens (tertiary/aromatic N) is 2. The Bertz CT molecular complexity index is 412. The van der Waals surface area contributed by atoms with Gasteiger partial charge >= 0.3 is 0 Å². The highest BCUT2D eigenvalue weighted by atomic mass is 16.3. The second kappa shape index (κ2) is 5.87. The number of anilines is 1. The second-order valence-electron chi connectivity index (χ2n) is 6.18. The van der Waals surface area contributed by atoms with E-state index in [1.165, 1.54) is 0 Å². The molecule has 0 aliphatic heterocycles. The van der Waals surface area contributed by atoms with Crippen LogP contribution in [0, 0.1) is 0 Å². The molecule has 1 aliphatic carbocycles. The van der Waals surface area contributed by atoms with E-state index in [1.54, 1.807) is 6.33 Å². The van der Waals surface area contributed by atoms with Crippen LogP contribution in [0.4, 0.5) is 5.82 Å². The molecule has 19 heavy (non-hydrogen) atoms. The van der Waals surface area contributed by atoms with Gasteiger partial charge in [0.25, 0.3) is 0 Å². The third-order valence-electron chi connectivity index (χ3n) is 4.29. The van der Waals surface area contributed by atoms with Crippen molar-refractivity contribution in [3.05, 3.63) is 18.1 Å². The summed E-state index contributed by atoms with van der Waals surface area (Å²) in [6, 6.07) is 2.49. The Morgan fingerprint density at radius 3 is 2.58 bits per heavy atom. The summed E-state index contributed by atoms with van der Waals surface area (Å²) < 4.78 is 0. The van der Waals surface area contributed by atoms with E-state index in [0.717, 1.165) is 43.6 Å². The van der Waals surface area contributed by atoms with Crippen LogP contribution in [0.25, 0.3) is 0 Å². The fourth-order valence-electron chi connectivity index (χ4n) is 2.42. The molecule has 1 saturated carbocycles. The van der Waals surface area contributed by atoms with Crippen molar-refractivity contribution in [2.24, 2.45) is 0 Å². The quantitative estimate of drug-likeness (QED) is 0.877. The lowest BCUT2D eigenvalue weighted by Gasteiger charge is -2.27. The van der Waals surface area contributed by atoms with Crippen LogP contribution in [0.2, 0.25) is 0 Å². The molecule has 2 rings (SSSR count). The number of hydrogen-bond acceptors (Lipinski definition) is 4. The molecule has 1 aromatic rings. The van der Waals surface area contributed by atoms with Gasteiger partial charge in [0.05, 0.1) is 11.8 Å². The van der Waals surface area contributed by atoms with E-state index < -0.39 is 0 Å². The summed E-state index contributed by atoms with van der Waals surface area (Å²) in [5.41, 5.74) is 1.17. The minimum Gasteiger partial charge on any atom is -0.393 e. The van der Waals surface area contributed by atoms with Crippen LogP contribution in [-0.4, -0.2) is 27.2 Å². The molecule has 4 nitrogen and oxygen atoms in total. The SMILES string of the molecule is CCC(C)(C)c1cc(NC2CCC(O)CC2)ncn1. The summed E-state index contributed by atoms with van der Waals surface area (Å²) in [5, 5.41) is 13.0. The Balaban J connectivity index is 2.03. The number of aliphatic hydroxyl groups excluding tert-OH is 1. The van der Waals surface area contributed by atoms with Gasteiger partial charge in [-0.3, -0.25) is 0 Å². The summed E-state index contributed by atoms with van der Waals surface area (Å²) in [7, 11) is 0. The Hall–Kier alpha value is -1.16. The molecule has 1 heterocycles. The maximum atomic E-state index is 9.52. The van der Waals surface area contributed by atoms with Crippen molar-refractivity contribution < 1.29 is 5.11 Å². The van der Waals surface area contributed by atoms with Gasteiger partial charge in [-0.1, -0.05) is 20.8 Å². The van der Waals surface area contributed by atoms with Crippen molar-refractivity contribution in [1.82, 2.24) is 9.97 Å². The molecule has 0 bridgehead atoms. The zero-order chi connectivity index (χ0) is 13.9. The first kappa shape index (κ1) is 14.3. The van der Waals surface area contributed by atoms with E-state index in [4.69, 9.17) is 0 Å². The number of rotatable bonds is 4. The molecule has 106 valence electrons. The predicted octanol–water partition coefficient (Wildman–Crippen LogP) is 2.88. The molecule has 0 saturated heterocycles. The molecule has 0 spiro atoms. The highest BCUT2D eigenvalue weighted by Crippen LogP contribution is 2.27. The van der Waals surface area contributed by atoms with Crippen LogP contribution in [0.1, 0.15) is 58.6 Å². The van der Waals surface area contributed by atoms with Crippen molar-refractivity contribution in [2.45, 2.75) is 70.4 Å². The van der Waals surface area contributed by atoms with Crippen molar-refractivity contribution in [3.8, 4) is 0 Å². The third-order valence-corrected chi connectivity index (χ3v) is 4.29. The molecule has 4 heteroatoms. The lowest BCUT2D eigenvalue weighted by Crippen LogP contribution is -2.29. The van der Waals surface area contributed by atoms with Crippen LogP contribution in [0.5, 0.6) is 0 Å². The molecule has 0 aromatic carbocycles. The molecule has 0 unspecified atom stereocenters. The molecular formula is C15H25N3O. The van der Waals surface area contributed by atoms with Crippen LogP contribution >= 0.6 is 0 Å². The minimum atomic E-state index is -0.113. The Kier molecular flexibility index (Phi) is 4.40. The predicted molar refractivity (Wildman–Crippen MR) is 77.2 cm³/mol. The maximum Gasteiger partial charge on any atom is 0.129 e. The van der Waals surface area contributed by atoms with Gasteiger partial charge in [0.2, 0.25) is 0 Å². The summed E-state index contributed by atoms with van der Waals surface area (Å²) >= 11 is 0. The van der Waals surface area contributed by atoms with E-state index in [1.807, 2.05) is 0 Å². The van der Waals surface area contributed by atoms with Gasteiger partial charge in [-0.25, -0.2) is 9.97 Å². The first-order valence-electron chi connectivity index (χ1n) is 7.28. The Labute approximate surface area is 115 Å². The lowest BCUT2D eigenvalue weighted by molar-refractivity contribution is 0.126. The monoisotopic (exact) mass is 263 g/mol. The zero-order valence-electron chi connectivity index (χ0n) is 12.2. The molecule has 1 fully saturated rings. The van der Waals surface area contributed by atoms with Gasteiger partial charge in [-0.15, -0.1) is 0 Å². The third kappa shape index (κ3) is 3.66. The Morgan fingerprint density at radius 2 is 1.95 bits per heavy atom. The number of hydrogen-bond donors (Lipinski definition) is 2. The van der Waals surface area contributed by atoms with Gasteiger partial charge in [0.15, 0.2) is 0 Å². The number of aliphatic hydroxyl groups is 1. The average Bonchev–Trinajstić information content (AvgIpc) is 2.42. The lowest BCUT2D eigenvalue weighted by atomic mass is 9.86. The topological polar surface area (TPSA) is 58.0 Å². The van der Waals surface area contributed by atoms with Crippen LogP contribution < -0.4 is 5.32 Å². The highest BCUT2D eigenvalue weighted by Gasteiger charge is 2.22. The standard InChI is InChI=1S/C15H25N3O/c1-4-15(2,3)13-9-14(17-10-16-13)18-11-5-7-12(19)8-6-11/h9-12,19H,4-8H2,1-3H3,(H,16,17,18). The van der Waals surface area contributed by atoms with Crippen molar-refractivity contribution in [2.75, 3.05) is 5.32 Å². The van der Waals surface area contributed by atoms with Crippen LogP contribution in [-0.2, 0) is 5.41 Å². The summed E-state index contributed by atoms with van der Waals surface area (Å²) in [4.78, 5) is 8.71. The average molecular weight is 263 g/mol. The van der Waals surface area contributed by atoms with E-state index in [-0.39, 0.29) is 11.5 Å². The van der Waals surface area contributed by atoms with Crippen LogP contribution in [0.3, 0.4) is 0 Å².